The second-order valence-corrected chi connectivity index (χ2v) is 3.50. The van der Waals surface area contributed by atoms with E-state index in [1.54, 1.807) is 7.11 Å². The fourth-order valence-electron chi connectivity index (χ4n) is 1.36. The number of benzene rings is 1. The summed E-state index contributed by atoms with van der Waals surface area (Å²) in [5, 5.41) is 11.9. The Morgan fingerprint density at radius 3 is 2.47 bits per heavy atom. The van der Waals surface area contributed by atoms with Crippen LogP contribution < -0.4 is 5.32 Å². The van der Waals surface area contributed by atoms with Gasteiger partial charge in [-0.05, 0) is 24.1 Å². The maximum atomic E-state index is 8.61. The van der Waals surface area contributed by atoms with Gasteiger partial charge >= 0.3 is 0 Å². The van der Waals surface area contributed by atoms with Crippen molar-refractivity contribution in [2.75, 3.05) is 20.3 Å². The Bertz CT molecular complexity index is 259. The van der Waals surface area contributed by atoms with E-state index in [1.165, 1.54) is 11.1 Å². The van der Waals surface area contributed by atoms with Crippen molar-refractivity contribution in [2.45, 2.75) is 19.6 Å². The molecular weight excluding hydrogens is 190 g/mol. The maximum absolute atomic E-state index is 8.61. The number of ether oxygens (including phenoxy) is 1. The summed E-state index contributed by atoms with van der Waals surface area (Å²) < 4.78 is 5.04. The van der Waals surface area contributed by atoms with Gasteiger partial charge in [0.15, 0.2) is 0 Å². The largest absolute Gasteiger partial charge is 0.396 e. The third-order valence-electron chi connectivity index (χ3n) is 2.17. The zero-order chi connectivity index (χ0) is 10.9. The first-order chi connectivity index (χ1) is 7.36. The minimum Gasteiger partial charge on any atom is -0.396 e. The van der Waals surface area contributed by atoms with Gasteiger partial charge in [-0.25, -0.2) is 0 Å². The summed E-state index contributed by atoms with van der Waals surface area (Å²) in [5.41, 5.74) is 2.45. The molecule has 0 saturated carbocycles. The highest BCUT2D eigenvalue weighted by Gasteiger charge is 1.94. The first kappa shape index (κ1) is 12.2. The van der Waals surface area contributed by atoms with E-state index in [-0.39, 0.29) is 6.61 Å². The van der Waals surface area contributed by atoms with Crippen LogP contribution in [0.2, 0.25) is 0 Å². The Kier molecular flexibility index (Phi) is 6.00. The Morgan fingerprint density at radius 2 is 1.87 bits per heavy atom. The van der Waals surface area contributed by atoms with Crippen LogP contribution in [-0.2, 0) is 17.9 Å². The monoisotopic (exact) mass is 209 g/mol. The van der Waals surface area contributed by atoms with Gasteiger partial charge in [-0.1, -0.05) is 24.3 Å². The van der Waals surface area contributed by atoms with E-state index in [0.29, 0.717) is 6.61 Å². The van der Waals surface area contributed by atoms with Gasteiger partial charge in [0.2, 0.25) is 0 Å². The molecule has 1 aromatic rings. The van der Waals surface area contributed by atoms with E-state index in [4.69, 9.17) is 9.84 Å². The van der Waals surface area contributed by atoms with E-state index in [9.17, 15) is 0 Å². The molecule has 1 aromatic carbocycles. The third-order valence-corrected chi connectivity index (χ3v) is 2.17. The van der Waals surface area contributed by atoms with Gasteiger partial charge < -0.3 is 15.2 Å². The molecule has 0 amide bonds. The van der Waals surface area contributed by atoms with Crippen LogP contribution >= 0.6 is 0 Å². The van der Waals surface area contributed by atoms with Crippen LogP contribution in [0.5, 0.6) is 0 Å². The second kappa shape index (κ2) is 7.40. The Morgan fingerprint density at radius 1 is 1.20 bits per heavy atom. The van der Waals surface area contributed by atoms with E-state index in [2.05, 4.69) is 29.6 Å². The molecule has 0 bridgehead atoms. The lowest BCUT2D eigenvalue weighted by Crippen LogP contribution is -2.15. The van der Waals surface area contributed by atoms with E-state index in [1.807, 2.05) is 0 Å². The molecular formula is C12H19NO2. The van der Waals surface area contributed by atoms with E-state index >= 15 is 0 Å². The van der Waals surface area contributed by atoms with E-state index < -0.39 is 0 Å². The molecule has 1 rings (SSSR count). The number of aliphatic hydroxyl groups is 1. The summed E-state index contributed by atoms with van der Waals surface area (Å²) in [6.45, 7) is 2.63. The maximum Gasteiger partial charge on any atom is 0.0713 e. The minimum absolute atomic E-state index is 0.250. The molecule has 0 saturated heterocycles. The zero-order valence-electron chi connectivity index (χ0n) is 9.20. The van der Waals surface area contributed by atoms with Crippen molar-refractivity contribution in [1.29, 1.82) is 0 Å². The van der Waals surface area contributed by atoms with Crippen molar-refractivity contribution in [1.82, 2.24) is 5.32 Å². The second-order valence-electron chi connectivity index (χ2n) is 3.50. The SMILES string of the molecule is COCc1ccc(CNCCCO)cc1. The van der Waals surface area contributed by atoms with Gasteiger partial charge in [-0.3, -0.25) is 0 Å². The standard InChI is InChI=1S/C12H19NO2/c1-15-10-12-5-3-11(4-6-12)9-13-7-2-8-14/h3-6,13-14H,2,7-10H2,1H3. The first-order valence-corrected chi connectivity index (χ1v) is 5.25. The van der Waals surface area contributed by atoms with Crippen LogP contribution in [0.15, 0.2) is 24.3 Å². The molecule has 0 aliphatic heterocycles. The molecule has 84 valence electrons. The van der Waals surface area contributed by atoms with Crippen molar-refractivity contribution < 1.29 is 9.84 Å². The van der Waals surface area contributed by atoms with Crippen molar-refractivity contribution in [3.63, 3.8) is 0 Å². The smallest absolute Gasteiger partial charge is 0.0713 e. The molecule has 3 nitrogen and oxygen atoms in total. The van der Waals surface area contributed by atoms with Crippen molar-refractivity contribution >= 4 is 0 Å². The summed E-state index contributed by atoms with van der Waals surface area (Å²) in [7, 11) is 1.70. The molecule has 0 heterocycles. The molecule has 0 aliphatic rings. The van der Waals surface area contributed by atoms with Gasteiger partial charge in [-0.15, -0.1) is 0 Å². The fraction of sp³-hybridized carbons (Fsp3) is 0.500. The van der Waals surface area contributed by atoms with Crippen LogP contribution in [0.3, 0.4) is 0 Å². The van der Waals surface area contributed by atoms with Crippen molar-refractivity contribution in [2.24, 2.45) is 0 Å². The highest BCUT2D eigenvalue weighted by molar-refractivity contribution is 5.21. The Balaban J connectivity index is 2.29. The molecule has 2 N–H and O–H groups in total. The molecule has 3 heteroatoms. The highest BCUT2D eigenvalue weighted by atomic mass is 16.5. The van der Waals surface area contributed by atoms with E-state index in [0.717, 1.165) is 19.5 Å². The average molecular weight is 209 g/mol. The lowest BCUT2D eigenvalue weighted by atomic mass is 10.1. The predicted octanol–water partition coefficient (Wildman–Crippen LogP) is 1.30. The lowest BCUT2D eigenvalue weighted by Gasteiger charge is -2.05. The number of hydrogen-bond donors (Lipinski definition) is 2. The van der Waals surface area contributed by atoms with Gasteiger partial charge in [0.25, 0.3) is 0 Å². The number of hydrogen-bond acceptors (Lipinski definition) is 3. The topological polar surface area (TPSA) is 41.5 Å². The number of aliphatic hydroxyl groups excluding tert-OH is 1. The first-order valence-electron chi connectivity index (χ1n) is 5.25. The molecule has 0 fully saturated rings. The fourth-order valence-corrected chi connectivity index (χ4v) is 1.36. The van der Waals surface area contributed by atoms with Crippen LogP contribution in [0, 0.1) is 0 Å². The minimum atomic E-state index is 0.250. The average Bonchev–Trinajstić information content (AvgIpc) is 2.27. The summed E-state index contributed by atoms with van der Waals surface area (Å²) in [5.74, 6) is 0. The van der Waals surface area contributed by atoms with Crippen LogP contribution in [-0.4, -0.2) is 25.4 Å². The van der Waals surface area contributed by atoms with Gasteiger partial charge in [0, 0.05) is 20.3 Å². The number of rotatable bonds is 7. The number of methoxy groups -OCH3 is 1. The van der Waals surface area contributed by atoms with Crippen LogP contribution in [0.1, 0.15) is 17.5 Å². The van der Waals surface area contributed by atoms with Crippen molar-refractivity contribution in [3.05, 3.63) is 35.4 Å². The van der Waals surface area contributed by atoms with Crippen LogP contribution in [0.4, 0.5) is 0 Å². The number of nitrogens with one attached hydrogen (secondary N) is 1. The summed E-state index contributed by atoms with van der Waals surface area (Å²) in [6.07, 6.45) is 0.807. The Hall–Kier alpha value is -0.900. The lowest BCUT2D eigenvalue weighted by molar-refractivity contribution is 0.185. The predicted molar refractivity (Wildman–Crippen MR) is 60.6 cm³/mol. The van der Waals surface area contributed by atoms with Gasteiger partial charge in [-0.2, -0.15) is 0 Å². The molecule has 0 atom stereocenters. The van der Waals surface area contributed by atoms with Gasteiger partial charge in [0.05, 0.1) is 6.61 Å². The van der Waals surface area contributed by atoms with Crippen LogP contribution in [0.25, 0.3) is 0 Å². The molecule has 0 radical (unpaired) electrons. The summed E-state index contributed by atoms with van der Waals surface area (Å²) in [6, 6.07) is 8.35. The highest BCUT2D eigenvalue weighted by Crippen LogP contribution is 2.05. The quantitative estimate of drug-likeness (QED) is 0.665. The Labute approximate surface area is 91.1 Å². The summed E-state index contributed by atoms with van der Waals surface area (Å²) >= 11 is 0. The molecule has 0 spiro atoms. The summed E-state index contributed by atoms with van der Waals surface area (Å²) in [4.78, 5) is 0. The molecule has 0 aliphatic carbocycles. The molecule has 0 aromatic heterocycles. The molecule has 15 heavy (non-hydrogen) atoms. The van der Waals surface area contributed by atoms with Gasteiger partial charge in [0.1, 0.15) is 0 Å². The third kappa shape index (κ3) is 4.93. The zero-order valence-corrected chi connectivity index (χ0v) is 9.20. The normalized spacial score (nSPS) is 10.5. The van der Waals surface area contributed by atoms with Crippen molar-refractivity contribution in [3.8, 4) is 0 Å². The molecule has 0 unspecified atom stereocenters.